The van der Waals surface area contributed by atoms with Gasteiger partial charge in [0.25, 0.3) is 0 Å². The predicted octanol–water partition coefficient (Wildman–Crippen LogP) is 1.17. The molecule has 1 saturated heterocycles. The van der Waals surface area contributed by atoms with Crippen LogP contribution in [0.2, 0.25) is 0 Å². The molecule has 0 spiro atoms. The second-order valence-electron chi connectivity index (χ2n) is 4.20. The van der Waals surface area contributed by atoms with Crippen molar-refractivity contribution >= 4 is 0 Å². The van der Waals surface area contributed by atoms with Crippen molar-refractivity contribution in [3.63, 3.8) is 0 Å². The second kappa shape index (κ2) is 3.35. The van der Waals surface area contributed by atoms with E-state index in [1.807, 2.05) is 0 Å². The molecule has 1 aliphatic heterocycles. The summed E-state index contributed by atoms with van der Waals surface area (Å²) in [5.41, 5.74) is 0. The summed E-state index contributed by atoms with van der Waals surface area (Å²) < 4.78 is 0. The molecule has 0 aromatic rings. The summed E-state index contributed by atoms with van der Waals surface area (Å²) in [4.78, 5) is 5.26. The highest BCUT2D eigenvalue weighted by Crippen LogP contribution is 2.28. The van der Waals surface area contributed by atoms with Gasteiger partial charge in [-0.1, -0.05) is 6.92 Å². The maximum Gasteiger partial charge on any atom is 0.0195 e. The van der Waals surface area contributed by atoms with E-state index >= 15 is 0 Å². The van der Waals surface area contributed by atoms with Gasteiger partial charge in [0, 0.05) is 31.7 Å². The Bertz CT molecular complexity index is 154. The van der Waals surface area contributed by atoms with Crippen LogP contribution in [0.25, 0.3) is 0 Å². The van der Waals surface area contributed by atoms with Crippen molar-refractivity contribution in [2.45, 2.75) is 38.8 Å². The van der Waals surface area contributed by atoms with Crippen molar-refractivity contribution < 1.29 is 0 Å². The van der Waals surface area contributed by atoms with Crippen molar-refractivity contribution in [3.8, 4) is 0 Å². The first-order chi connectivity index (χ1) is 5.81. The largest absolute Gasteiger partial charge is 0.298 e. The number of hydrogen-bond donors (Lipinski definition) is 0. The summed E-state index contributed by atoms with van der Waals surface area (Å²) in [6, 6.07) is 1.75. The van der Waals surface area contributed by atoms with E-state index in [1.54, 1.807) is 0 Å². The van der Waals surface area contributed by atoms with Gasteiger partial charge in [-0.15, -0.1) is 0 Å². The number of rotatable bonds is 2. The smallest absolute Gasteiger partial charge is 0.0195 e. The molecule has 2 aliphatic rings. The average molecular weight is 168 g/mol. The van der Waals surface area contributed by atoms with E-state index in [0.717, 1.165) is 12.1 Å². The fourth-order valence-electron chi connectivity index (χ4n) is 2.26. The van der Waals surface area contributed by atoms with Gasteiger partial charge in [-0.25, -0.2) is 0 Å². The number of nitrogens with zero attached hydrogens (tertiary/aromatic N) is 2. The number of likely N-dealkylation sites (N-methyl/N-ethyl adjacent to an activating group) is 1. The fraction of sp³-hybridized carbons (Fsp3) is 1.00. The molecule has 0 unspecified atom stereocenters. The summed E-state index contributed by atoms with van der Waals surface area (Å²) in [7, 11) is 0. The van der Waals surface area contributed by atoms with Crippen LogP contribution >= 0.6 is 0 Å². The Morgan fingerprint density at radius 2 is 2.00 bits per heavy atom. The van der Waals surface area contributed by atoms with Crippen molar-refractivity contribution in [1.82, 2.24) is 9.80 Å². The van der Waals surface area contributed by atoms with E-state index in [1.165, 1.54) is 39.0 Å². The lowest BCUT2D eigenvalue weighted by Gasteiger charge is -2.39. The first kappa shape index (κ1) is 8.52. The molecule has 2 rings (SSSR count). The highest BCUT2D eigenvalue weighted by molar-refractivity contribution is 4.89. The van der Waals surface area contributed by atoms with Gasteiger partial charge in [-0.05, 0) is 26.3 Å². The van der Waals surface area contributed by atoms with Crippen LogP contribution in [0.1, 0.15) is 26.7 Å². The lowest BCUT2D eigenvalue weighted by Crippen LogP contribution is -2.52. The van der Waals surface area contributed by atoms with Crippen molar-refractivity contribution in [2.24, 2.45) is 0 Å². The average Bonchev–Trinajstić information content (AvgIpc) is 2.86. The Morgan fingerprint density at radius 1 is 1.25 bits per heavy atom. The Hall–Kier alpha value is -0.0800. The lowest BCUT2D eigenvalue weighted by molar-refractivity contribution is 0.0831. The molecule has 1 atom stereocenters. The SMILES string of the molecule is CCN1CCN(C2CC2)C[C@@H]1C. The van der Waals surface area contributed by atoms with Gasteiger partial charge in [0.05, 0.1) is 0 Å². The third-order valence-corrected chi connectivity index (χ3v) is 3.27. The van der Waals surface area contributed by atoms with Crippen LogP contribution in [0, 0.1) is 0 Å². The summed E-state index contributed by atoms with van der Waals surface area (Å²) >= 11 is 0. The molecule has 1 aliphatic carbocycles. The van der Waals surface area contributed by atoms with Crippen LogP contribution in [-0.2, 0) is 0 Å². The highest BCUT2D eigenvalue weighted by atomic mass is 15.3. The number of piperazine rings is 1. The molecular weight excluding hydrogens is 148 g/mol. The molecule has 0 N–H and O–H groups in total. The van der Waals surface area contributed by atoms with E-state index < -0.39 is 0 Å². The monoisotopic (exact) mass is 168 g/mol. The number of hydrogen-bond acceptors (Lipinski definition) is 2. The Labute approximate surface area is 75.5 Å². The van der Waals surface area contributed by atoms with Crippen LogP contribution in [-0.4, -0.2) is 48.1 Å². The van der Waals surface area contributed by atoms with Crippen LogP contribution < -0.4 is 0 Å². The highest BCUT2D eigenvalue weighted by Gasteiger charge is 2.33. The lowest BCUT2D eigenvalue weighted by atomic mass is 10.2. The minimum atomic E-state index is 0.782. The summed E-state index contributed by atoms with van der Waals surface area (Å²) in [6.07, 6.45) is 2.91. The van der Waals surface area contributed by atoms with Crippen molar-refractivity contribution in [3.05, 3.63) is 0 Å². The van der Waals surface area contributed by atoms with Gasteiger partial charge in [0.2, 0.25) is 0 Å². The molecule has 1 heterocycles. The fourth-order valence-corrected chi connectivity index (χ4v) is 2.26. The molecular formula is C10H20N2. The molecule has 12 heavy (non-hydrogen) atoms. The van der Waals surface area contributed by atoms with E-state index in [2.05, 4.69) is 23.6 Å². The molecule has 2 fully saturated rings. The molecule has 0 bridgehead atoms. The molecule has 0 aromatic carbocycles. The van der Waals surface area contributed by atoms with E-state index in [-0.39, 0.29) is 0 Å². The van der Waals surface area contributed by atoms with Crippen LogP contribution in [0.4, 0.5) is 0 Å². The molecule has 2 nitrogen and oxygen atoms in total. The van der Waals surface area contributed by atoms with Gasteiger partial charge in [0.15, 0.2) is 0 Å². The zero-order valence-corrected chi connectivity index (χ0v) is 8.29. The normalized spacial score (nSPS) is 34.0. The van der Waals surface area contributed by atoms with Gasteiger partial charge in [0.1, 0.15) is 0 Å². The van der Waals surface area contributed by atoms with Gasteiger partial charge in [-0.3, -0.25) is 9.80 Å². The zero-order chi connectivity index (χ0) is 8.55. The van der Waals surface area contributed by atoms with Crippen LogP contribution in [0.5, 0.6) is 0 Å². The van der Waals surface area contributed by atoms with Crippen LogP contribution in [0.3, 0.4) is 0 Å². The molecule has 70 valence electrons. The molecule has 0 aromatic heterocycles. The standard InChI is InChI=1S/C10H20N2/c1-3-11-6-7-12(8-9(11)2)10-4-5-10/h9-10H,3-8H2,1-2H3/t9-/m0/s1. The van der Waals surface area contributed by atoms with E-state index in [9.17, 15) is 0 Å². The molecule has 0 amide bonds. The van der Waals surface area contributed by atoms with Gasteiger partial charge in [-0.2, -0.15) is 0 Å². The van der Waals surface area contributed by atoms with E-state index in [4.69, 9.17) is 0 Å². The maximum atomic E-state index is 2.68. The molecule has 1 saturated carbocycles. The second-order valence-corrected chi connectivity index (χ2v) is 4.20. The van der Waals surface area contributed by atoms with E-state index in [0.29, 0.717) is 0 Å². The first-order valence-electron chi connectivity index (χ1n) is 5.29. The Kier molecular flexibility index (Phi) is 2.37. The Balaban J connectivity index is 1.84. The first-order valence-corrected chi connectivity index (χ1v) is 5.29. The maximum absolute atomic E-state index is 2.68. The van der Waals surface area contributed by atoms with Crippen molar-refractivity contribution in [2.75, 3.05) is 26.2 Å². The van der Waals surface area contributed by atoms with Gasteiger partial charge < -0.3 is 0 Å². The molecule has 0 radical (unpaired) electrons. The van der Waals surface area contributed by atoms with Gasteiger partial charge >= 0.3 is 0 Å². The minimum Gasteiger partial charge on any atom is -0.298 e. The third-order valence-electron chi connectivity index (χ3n) is 3.27. The Morgan fingerprint density at radius 3 is 2.50 bits per heavy atom. The van der Waals surface area contributed by atoms with Crippen LogP contribution in [0.15, 0.2) is 0 Å². The zero-order valence-electron chi connectivity index (χ0n) is 8.29. The quantitative estimate of drug-likeness (QED) is 0.611. The summed E-state index contributed by atoms with van der Waals surface area (Å²) in [5, 5.41) is 0. The van der Waals surface area contributed by atoms with Crippen molar-refractivity contribution in [1.29, 1.82) is 0 Å². The summed E-state index contributed by atoms with van der Waals surface area (Å²) in [5.74, 6) is 0. The third kappa shape index (κ3) is 1.64. The topological polar surface area (TPSA) is 6.48 Å². The molecule has 2 heteroatoms. The minimum absolute atomic E-state index is 0.782. The summed E-state index contributed by atoms with van der Waals surface area (Å²) in [6.45, 7) is 9.75. The predicted molar refractivity (Wildman–Crippen MR) is 51.3 cm³/mol.